The Kier molecular flexibility index (Phi) is 8.88. The Balaban J connectivity index is 2.55. The van der Waals surface area contributed by atoms with Crippen LogP contribution in [0.3, 0.4) is 0 Å². The molecule has 3 unspecified atom stereocenters. The van der Waals surface area contributed by atoms with E-state index in [2.05, 4.69) is 19.2 Å². The maximum Gasteiger partial charge on any atom is 0.150 e. The van der Waals surface area contributed by atoms with Crippen LogP contribution in [0, 0.1) is 5.92 Å². The zero-order valence-corrected chi connectivity index (χ0v) is 15.1. The van der Waals surface area contributed by atoms with Gasteiger partial charge >= 0.3 is 0 Å². The van der Waals surface area contributed by atoms with Gasteiger partial charge in [0.2, 0.25) is 0 Å². The van der Waals surface area contributed by atoms with E-state index in [1.165, 1.54) is 44.8 Å². The van der Waals surface area contributed by atoms with E-state index in [-0.39, 0.29) is 5.25 Å². The molecular formula is C17H35NO2S. The summed E-state index contributed by atoms with van der Waals surface area (Å²) in [7, 11) is -2.87. The van der Waals surface area contributed by atoms with Gasteiger partial charge < -0.3 is 5.32 Å². The van der Waals surface area contributed by atoms with Crippen LogP contribution in [0.5, 0.6) is 0 Å². The van der Waals surface area contributed by atoms with E-state index in [4.69, 9.17) is 0 Å². The molecule has 0 radical (unpaired) electrons. The van der Waals surface area contributed by atoms with Gasteiger partial charge in [0.05, 0.1) is 5.25 Å². The zero-order valence-electron chi connectivity index (χ0n) is 14.2. The van der Waals surface area contributed by atoms with Gasteiger partial charge in [-0.1, -0.05) is 46.0 Å². The van der Waals surface area contributed by atoms with Crippen molar-refractivity contribution in [1.82, 2.24) is 5.32 Å². The van der Waals surface area contributed by atoms with Crippen LogP contribution in [0.4, 0.5) is 0 Å². The third-order valence-electron chi connectivity index (χ3n) is 4.87. The molecular weight excluding hydrogens is 282 g/mol. The highest BCUT2D eigenvalue weighted by molar-refractivity contribution is 7.91. The highest BCUT2D eigenvalue weighted by atomic mass is 32.2. The fraction of sp³-hybridized carbons (Fsp3) is 1.00. The normalized spacial score (nSPS) is 24.9. The number of rotatable bonds is 10. The molecule has 1 N–H and O–H groups in total. The molecule has 0 amide bonds. The van der Waals surface area contributed by atoms with Crippen LogP contribution in [-0.4, -0.2) is 32.5 Å². The number of unbranched alkanes of at least 4 members (excludes halogenated alkanes) is 3. The van der Waals surface area contributed by atoms with E-state index < -0.39 is 9.84 Å². The molecule has 0 spiro atoms. The van der Waals surface area contributed by atoms with Crippen molar-refractivity contribution in [3.63, 3.8) is 0 Å². The Morgan fingerprint density at radius 2 is 1.86 bits per heavy atom. The molecule has 0 aromatic heterocycles. The number of hydrogen-bond donors (Lipinski definition) is 1. The van der Waals surface area contributed by atoms with Crippen molar-refractivity contribution in [2.24, 2.45) is 5.92 Å². The van der Waals surface area contributed by atoms with E-state index >= 15 is 0 Å². The van der Waals surface area contributed by atoms with Crippen molar-refractivity contribution >= 4 is 9.84 Å². The fourth-order valence-electron chi connectivity index (χ4n) is 3.56. The van der Waals surface area contributed by atoms with Crippen LogP contribution < -0.4 is 5.32 Å². The van der Waals surface area contributed by atoms with E-state index in [0.717, 1.165) is 32.2 Å². The third kappa shape index (κ3) is 7.14. The van der Waals surface area contributed by atoms with E-state index in [0.29, 0.717) is 12.0 Å². The quantitative estimate of drug-likeness (QED) is 0.621. The van der Waals surface area contributed by atoms with Crippen LogP contribution in [-0.2, 0) is 9.84 Å². The van der Waals surface area contributed by atoms with Crippen LogP contribution in [0.1, 0.15) is 78.1 Å². The second kappa shape index (κ2) is 9.83. The molecule has 0 aromatic carbocycles. The molecule has 1 saturated carbocycles. The first-order valence-corrected chi connectivity index (χ1v) is 10.9. The molecule has 1 aliphatic carbocycles. The summed E-state index contributed by atoms with van der Waals surface area (Å²) in [6.07, 6.45) is 12.9. The van der Waals surface area contributed by atoms with E-state index in [1.807, 2.05) is 0 Å². The van der Waals surface area contributed by atoms with Crippen LogP contribution in [0.2, 0.25) is 0 Å². The minimum absolute atomic E-state index is 0.0992. The zero-order chi connectivity index (χ0) is 15.7. The second-order valence-corrected chi connectivity index (χ2v) is 9.11. The molecule has 21 heavy (non-hydrogen) atoms. The van der Waals surface area contributed by atoms with Gasteiger partial charge in [-0.15, -0.1) is 0 Å². The Labute approximate surface area is 132 Å². The minimum Gasteiger partial charge on any atom is -0.314 e. The maximum absolute atomic E-state index is 11.8. The summed E-state index contributed by atoms with van der Waals surface area (Å²) in [5, 5.41) is 3.59. The predicted molar refractivity (Wildman–Crippen MR) is 91.4 cm³/mol. The number of sulfone groups is 1. The fourth-order valence-corrected chi connectivity index (χ4v) is 4.75. The minimum atomic E-state index is -2.87. The van der Waals surface area contributed by atoms with E-state index in [9.17, 15) is 8.42 Å². The molecule has 0 bridgehead atoms. The van der Waals surface area contributed by atoms with Gasteiger partial charge in [0.25, 0.3) is 0 Å². The molecule has 3 atom stereocenters. The molecule has 3 nitrogen and oxygen atoms in total. The Hall–Kier alpha value is -0.0900. The summed E-state index contributed by atoms with van der Waals surface area (Å²) in [6, 6.07) is 0.520. The van der Waals surface area contributed by atoms with Crippen LogP contribution >= 0.6 is 0 Å². The van der Waals surface area contributed by atoms with Gasteiger partial charge in [0.1, 0.15) is 9.84 Å². The molecule has 1 aliphatic rings. The molecule has 1 rings (SSSR count). The summed E-state index contributed by atoms with van der Waals surface area (Å²) in [4.78, 5) is 0. The van der Waals surface area contributed by atoms with Crippen molar-refractivity contribution in [3.05, 3.63) is 0 Å². The van der Waals surface area contributed by atoms with Gasteiger partial charge in [-0.2, -0.15) is 0 Å². The van der Waals surface area contributed by atoms with E-state index in [1.54, 1.807) is 0 Å². The van der Waals surface area contributed by atoms with Crippen molar-refractivity contribution < 1.29 is 8.42 Å². The Morgan fingerprint density at radius 3 is 2.48 bits per heavy atom. The molecule has 0 heterocycles. The SMILES string of the molecule is CCCCCCC(NCCC)C1CCCC(S(C)(=O)=O)C1. The molecule has 0 aromatic rings. The summed E-state index contributed by atoms with van der Waals surface area (Å²) in [5.74, 6) is 0.548. The lowest BCUT2D eigenvalue weighted by atomic mass is 9.81. The Morgan fingerprint density at radius 1 is 1.10 bits per heavy atom. The third-order valence-corrected chi connectivity index (χ3v) is 6.51. The monoisotopic (exact) mass is 317 g/mol. The molecule has 0 saturated heterocycles. The van der Waals surface area contributed by atoms with Gasteiger partial charge in [0, 0.05) is 12.3 Å². The Bertz CT molecular complexity index is 367. The lowest BCUT2D eigenvalue weighted by Gasteiger charge is -2.34. The number of hydrogen-bond acceptors (Lipinski definition) is 3. The smallest absolute Gasteiger partial charge is 0.150 e. The van der Waals surface area contributed by atoms with Crippen LogP contribution in [0.15, 0.2) is 0 Å². The molecule has 1 fully saturated rings. The summed E-state index contributed by atoms with van der Waals surface area (Å²) in [6.45, 7) is 5.49. The van der Waals surface area contributed by atoms with Crippen molar-refractivity contribution in [2.75, 3.05) is 12.8 Å². The van der Waals surface area contributed by atoms with Gasteiger partial charge in [0.15, 0.2) is 0 Å². The first-order chi connectivity index (χ1) is 9.99. The molecule has 126 valence electrons. The predicted octanol–water partition coefficient (Wildman–Crippen LogP) is 3.93. The maximum atomic E-state index is 11.8. The van der Waals surface area contributed by atoms with Crippen LogP contribution in [0.25, 0.3) is 0 Å². The molecule has 4 heteroatoms. The average molecular weight is 318 g/mol. The topological polar surface area (TPSA) is 46.2 Å². The van der Waals surface area contributed by atoms with Gasteiger partial charge in [-0.05, 0) is 44.6 Å². The summed E-state index contributed by atoms with van der Waals surface area (Å²) in [5.41, 5.74) is 0. The first-order valence-electron chi connectivity index (χ1n) is 8.91. The summed E-state index contributed by atoms with van der Waals surface area (Å²) >= 11 is 0. The van der Waals surface area contributed by atoms with Gasteiger partial charge in [-0.25, -0.2) is 8.42 Å². The highest BCUT2D eigenvalue weighted by Crippen LogP contribution is 2.32. The average Bonchev–Trinajstić information content (AvgIpc) is 2.46. The molecule has 0 aliphatic heterocycles. The first kappa shape index (κ1) is 19.0. The van der Waals surface area contributed by atoms with Crippen molar-refractivity contribution in [2.45, 2.75) is 89.3 Å². The largest absolute Gasteiger partial charge is 0.314 e. The van der Waals surface area contributed by atoms with Gasteiger partial charge in [-0.3, -0.25) is 0 Å². The van der Waals surface area contributed by atoms with Crippen molar-refractivity contribution in [3.8, 4) is 0 Å². The standard InChI is InChI=1S/C17H35NO2S/c1-4-6-7-8-12-17(18-13-5-2)15-10-9-11-16(14-15)21(3,19)20/h15-18H,4-14H2,1-3H3. The second-order valence-electron chi connectivity index (χ2n) is 6.79. The van der Waals surface area contributed by atoms with Crippen molar-refractivity contribution in [1.29, 1.82) is 0 Å². The lowest BCUT2D eigenvalue weighted by Crippen LogP contribution is -2.41. The highest BCUT2D eigenvalue weighted by Gasteiger charge is 2.32. The summed E-state index contributed by atoms with van der Waals surface area (Å²) < 4.78 is 23.7. The number of nitrogens with one attached hydrogen (secondary N) is 1. The lowest BCUT2D eigenvalue weighted by molar-refractivity contribution is 0.255.